The standard InChI is InChI=1S/C20H25N3O6S/c1-5-19(15-9-11-18(29-3)12-10-15)21-20(24)14(2)22(30(4,27)28)16-7-6-8-17(13-16)23(25)26/h6-14,19H,5H2,1-4H3,(H,21,24)/t14-,19-/m1/s1. The lowest BCUT2D eigenvalue weighted by Crippen LogP contribution is -2.48. The Morgan fingerprint density at radius 2 is 1.87 bits per heavy atom. The highest BCUT2D eigenvalue weighted by molar-refractivity contribution is 7.92. The van der Waals surface area contributed by atoms with E-state index in [1.54, 1.807) is 19.2 Å². The van der Waals surface area contributed by atoms with E-state index in [9.17, 15) is 23.3 Å². The molecule has 0 bridgehead atoms. The van der Waals surface area contributed by atoms with Gasteiger partial charge in [0.05, 0.1) is 30.0 Å². The number of carbonyl (C=O) groups excluding carboxylic acids is 1. The number of hydrogen-bond donors (Lipinski definition) is 1. The van der Waals surface area contributed by atoms with Crippen molar-refractivity contribution in [2.24, 2.45) is 0 Å². The predicted molar refractivity (Wildman–Crippen MR) is 114 cm³/mol. The summed E-state index contributed by atoms with van der Waals surface area (Å²) in [4.78, 5) is 23.4. The quantitative estimate of drug-likeness (QED) is 0.478. The second kappa shape index (κ2) is 9.57. The van der Waals surface area contributed by atoms with Gasteiger partial charge in [0.25, 0.3) is 5.69 Å². The molecule has 2 aromatic carbocycles. The molecule has 1 amide bonds. The van der Waals surface area contributed by atoms with Crippen molar-refractivity contribution >= 4 is 27.3 Å². The van der Waals surface area contributed by atoms with Gasteiger partial charge in [0.2, 0.25) is 15.9 Å². The molecule has 10 heteroatoms. The number of anilines is 1. The van der Waals surface area contributed by atoms with Crippen molar-refractivity contribution in [3.63, 3.8) is 0 Å². The van der Waals surface area contributed by atoms with Gasteiger partial charge in [0, 0.05) is 12.1 Å². The first-order valence-electron chi connectivity index (χ1n) is 9.26. The fourth-order valence-electron chi connectivity index (χ4n) is 3.10. The molecule has 2 rings (SSSR count). The van der Waals surface area contributed by atoms with Crippen LogP contribution in [0.1, 0.15) is 31.9 Å². The fourth-order valence-corrected chi connectivity index (χ4v) is 4.27. The van der Waals surface area contributed by atoms with Crippen molar-refractivity contribution in [3.05, 3.63) is 64.2 Å². The molecule has 0 unspecified atom stereocenters. The maximum Gasteiger partial charge on any atom is 0.271 e. The SMILES string of the molecule is CC[C@@H](NC(=O)[C@@H](C)N(c1cccc([N+](=O)[O-])c1)S(C)(=O)=O)c1ccc(OC)cc1. The highest BCUT2D eigenvalue weighted by Gasteiger charge is 2.31. The van der Waals surface area contributed by atoms with Gasteiger partial charge in [0.1, 0.15) is 11.8 Å². The number of benzene rings is 2. The number of sulfonamides is 1. The zero-order valence-corrected chi connectivity index (χ0v) is 18.0. The summed E-state index contributed by atoms with van der Waals surface area (Å²) in [5.74, 6) is 0.164. The van der Waals surface area contributed by atoms with Gasteiger partial charge in [-0.15, -0.1) is 0 Å². The molecule has 0 radical (unpaired) electrons. The lowest BCUT2D eigenvalue weighted by molar-refractivity contribution is -0.384. The Bertz CT molecular complexity index is 1010. The summed E-state index contributed by atoms with van der Waals surface area (Å²) >= 11 is 0. The Morgan fingerprint density at radius 3 is 2.37 bits per heavy atom. The van der Waals surface area contributed by atoms with E-state index in [4.69, 9.17) is 4.74 Å². The van der Waals surface area contributed by atoms with Crippen LogP contribution >= 0.6 is 0 Å². The second-order valence-electron chi connectivity index (χ2n) is 6.75. The minimum Gasteiger partial charge on any atom is -0.497 e. The molecule has 0 spiro atoms. The van der Waals surface area contributed by atoms with Gasteiger partial charge >= 0.3 is 0 Å². The largest absolute Gasteiger partial charge is 0.497 e. The first-order chi connectivity index (χ1) is 14.1. The smallest absolute Gasteiger partial charge is 0.271 e. The van der Waals surface area contributed by atoms with Crippen LogP contribution in [0.4, 0.5) is 11.4 Å². The maximum atomic E-state index is 12.9. The number of methoxy groups -OCH3 is 1. The first kappa shape index (κ1) is 23.1. The highest BCUT2D eigenvalue weighted by Crippen LogP contribution is 2.26. The van der Waals surface area contributed by atoms with Gasteiger partial charge in [-0.05, 0) is 37.1 Å². The zero-order chi connectivity index (χ0) is 22.5. The molecule has 0 aromatic heterocycles. The molecule has 0 aliphatic heterocycles. The van der Waals surface area contributed by atoms with Crippen LogP contribution in [0.15, 0.2) is 48.5 Å². The van der Waals surface area contributed by atoms with Gasteiger partial charge in [-0.25, -0.2) is 8.42 Å². The number of nitrogens with one attached hydrogen (secondary N) is 1. The Kier molecular flexibility index (Phi) is 7.38. The molecule has 0 aliphatic rings. The maximum absolute atomic E-state index is 12.9. The minimum absolute atomic E-state index is 0.0480. The third-order valence-electron chi connectivity index (χ3n) is 4.63. The van der Waals surface area contributed by atoms with Crippen molar-refractivity contribution in [1.29, 1.82) is 0 Å². The van der Waals surface area contributed by atoms with Crippen molar-refractivity contribution < 1.29 is 22.9 Å². The lowest BCUT2D eigenvalue weighted by Gasteiger charge is -2.29. The van der Waals surface area contributed by atoms with E-state index in [1.165, 1.54) is 25.1 Å². The molecule has 0 heterocycles. The number of ether oxygens (including phenoxy) is 1. The Hall–Kier alpha value is -3.14. The fraction of sp³-hybridized carbons (Fsp3) is 0.350. The molecule has 0 fully saturated rings. The molecule has 0 aliphatic carbocycles. The summed E-state index contributed by atoms with van der Waals surface area (Å²) in [6.45, 7) is 3.34. The van der Waals surface area contributed by atoms with E-state index in [0.29, 0.717) is 12.2 Å². The number of nitro benzene ring substituents is 1. The number of hydrogen-bond acceptors (Lipinski definition) is 6. The molecule has 0 saturated heterocycles. The van der Waals surface area contributed by atoms with E-state index >= 15 is 0 Å². The third kappa shape index (κ3) is 5.47. The van der Waals surface area contributed by atoms with Crippen LogP contribution in [0.5, 0.6) is 5.75 Å². The van der Waals surface area contributed by atoms with Crippen LogP contribution in [0, 0.1) is 10.1 Å². The molecule has 1 N–H and O–H groups in total. The Balaban J connectivity index is 2.30. The van der Waals surface area contributed by atoms with Crippen molar-refractivity contribution in [1.82, 2.24) is 5.32 Å². The Labute approximate surface area is 175 Å². The monoisotopic (exact) mass is 435 g/mol. The molecule has 0 saturated carbocycles. The molecular formula is C20H25N3O6S. The molecular weight excluding hydrogens is 410 g/mol. The topological polar surface area (TPSA) is 119 Å². The normalized spacial score (nSPS) is 13.2. The summed E-state index contributed by atoms with van der Waals surface area (Å²) in [6, 6.07) is 10.9. The van der Waals surface area contributed by atoms with Gasteiger partial charge in [0.15, 0.2) is 0 Å². The van der Waals surface area contributed by atoms with Crippen LogP contribution in [0.3, 0.4) is 0 Å². The van der Waals surface area contributed by atoms with E-state index < -0.39 is 26.9 Å². The van der Waals surface area contributed by atoms with Gasteiger partial charge in [-0.2, -0.15) is 0 Å². The molecule has 162 valence electrons. The van der Waals surface area contributed by atoms with Crippen molar-refractivity contribution in [3.8, 4) is 5.75 Å². The summed E-state index contributed by atoms with van der Waals surface area (Å²) in [5, 5.41) is 13.9. The van der Waals surface area contributed by atoms with Crippen LogP contribution in [-0.4, -0.2) is 38.7 Å². The van der Waals surface area contributed by atoms with Crippen LogP contribution in [-0.2, 0) is 14.8 Å². The number of amides is 1. The minimum atomic E-state index is -3.89. The van der Waals surface area contributed by atoms with Crippen LogP contribution in [0.25, 0.3) is 0 Å². The summed E-state index contributed by atoms with van der Waals surface area (Å²) < 4.78 is 30.9. The number of nitro groups is 1. The number of nitrogens with zero attached hydrogens (tertiary/aromatic N) is 2. The zero-order valence-electron chi connectivity index (χ0n) is 17.2. The number of non-ortho nitro benzene ring substituents is 1. The summed E-state index contributed by atoms with van der Waals surface area (Å²) in [7, 11) is -2.33. The van der Waals surface area contributed by atoms with Crippen LogP contribution < -0.4 is 14.4 Å². The molecule has 2 aromatic rings. The summed E-state index contributed by atoms with van der Waals surface area (Å²) in [6.07, 6.45) is 1.54. The highest BCUT2D eigenvalue weighted by atomic mass is 32.2. The summed E-state index contributed by atoms with van der Waals surface area (Å²) in [5.41, 5.74) is 0.630. The third-order valence-corrected chi connectivity index (χ3v) is 5.87. The van der Waals surface area contributed by atoms with Gasteiger partial charge < -0.3 is 10.1 Å². The van der Waals surface area contributed by atoms with Gasteiger partial charge in [-0.1, -0.05) is 25.1 Å². The number of carbonyl (C=O) groups is 1. The predicted octanol–water partition coefficient (Wildman–Crippen LogP) is 3.03. The molecule has 2 atom stereocenters. The first-order valence-corrected chi connectivity index (χ1v) is 11.1. The van der Waals surface area contributed by atoms with Crippen LogP contribution in [0.2, 0.25) is 0 Å². The molecule has 30 heavy (non-hydrogen) atoms. The van der Waals surface area contributed by atoms with Gasteiger partial charge in [-0.3, -0.25) is 19.2 Å². The van der Waals surface area contributed by atoms with E-state index in [1.807, 2.05) is 19.1 Å². The lowest BCUT2D eigenvalue weighted by atomic mass is 10.0. The Morgan fingerprint density at radius 1 is 1.23 bits per heavy atom. The second-order valence-corrected chi connectivity index (χ2v) is 8.61. The van der Waals surface area contributed by atoms with Crippen molar-refractivity contribution in [2.45, 2.75) is 32.4 Å². The average Bonchev–Trinajstić information content (AvgIpc) is 2.71. The van der Waals surface area contributed by atoms with E-state index in [-0.39, 0.29) is 17.4 Å². The van der Waals surface area contributed by atoms with Crippen molar-refractivity contribution in [2.75, 3.05) is 17.7 Å². The van der Waals surface area contributed by atoms with E-state index in [0.717, 1.165) is 22.2 Å². The number of rotatable bonds is 9. The average molecular weight is 436 g/mol. The molecule has 9 nitrogen and oxygen atoms in total. The van der Waals surface area contributed by atoms with E-state index in [2.05, 4.69) is 5.32 Å².